The molecule has 11 N–H and O–H groups in total. The van der Waals surface area contributed by atoms with E-state index in [0.29, 0.717) is 73.0 Å². The van der Waals surface area contributed by atoms with E-state index in [1.807, 2.05) is 42.5 Å². The van der Waals surface area contributed by atoms with Crippen molar-refractivity contribution in [3.8, 4) is 23.0 Å². The highest BCUT2D eigenvalue weighted by Crippen LogP contribution is 2.64. The number of likely N-dealkylation sites (tertiary alicyclic amines) is 2. The van der Waals surface area contributed by atoms with Crippen molar-refractivity contribution in [3.63, 3.8) is 0 Å². The third kappa shape index (κ3) is 17.6. The fraction of sp³-hybridized carbons (Fsp3) is 0.478. The lowest BCUT2D eigenvalue weighted by molar-refractivity contribution is -0.148. The minimum absolute atomic E-state index is 0.0131. The Morgan fingerprint density at radius 2 is 1.57 bits per heavy atom. The van der Waals surface area contributed by atoms with Crippen LogP contribution >= 0.6 is 0 Å². The number of nitrogens with zero attached hydrogens (tertiary/aromatic N) is 4. The molecule has 0 saturated carbocycles. The Hall–Kier alpha value is -9.52. The summed E-state index contributed by atoms with van der Waals surface area (Å²) in [7, 11) is 3.78. The van der Waals surface area contributed by atoms with Crippen molar-refractivity contribution in [2.75, 3.05) is 53.5 Å². The van der Waals surface area contributed by atoms with Crippen molar-refractivity contribution in [1.82, 2.24) is 25.8 Å². The van der Waals surface area contributed by atoms with E-state index in [-0.39, 0.29) is 137 Å². The molecule has 5 aliphatic rings. The fourth-order valence-corrected chi connectivity index (χ4v) is 13.7. The molecule has 1 spiro atoms. The van der Waals surface area contributed by atoms with Crippen LogP contribution in [0.2, 0.25) is 0 Å². The summed E-state index contributed by atoms with van der Waals surface area (Å²) in [6, 6.07) is 24.6. The molecule has 4 aromatic carbocycles. The van der Waals surface area contributed by atoms with Gasteiger partial charge in [-0.3, -0.25) is 29.0 Å². The first kappa shape index (κ1) is 68.8. The second-order valence-electron chi connectivity index (χ2n) is 24.8. The zero-order chi connectivity index (χ0) is 66.9. The lowest BCUT2D eigenvalue weighted by Gasteiger charge is -2.56. The van der Waals surface area contributed by atoms with Crippen LogP contribution in [0.3, 0.4) is 0 Å². The van der Waals surface area contributed by atoms with Crippen LogP contribution in [0, 0.1) is 17.8 Å². The highest BCUT2D eigenvalue weighted by molar-refractivity contribution is 5.92. The summed E-state index contributed by atoms with van der Waals surface area (Å²) in [5, 5.41) is 8.75. The number of rotatable bonds is 32. The van der Waals surface area contributed by atoms with Gasteiger partial charge in [0.2, 0.25) is 17.7 Å². The van der Waals surface area contributed by atoms with E-state index in [4.69, 9.17) is 51.4 Å². The molecule has 25 nitrogen and oxygen atoms in total. The van der Waals surface area contributed by atoms with Gasteiger partial charge in [0.25, 0.3) is 0 Å². The lowest BCUT2D eigenvalue weighted by Crippen LogP contribution is -2.63. The first-order valence-corrected chi connectivity index (χ1v) is 32.3. The first-order chi connectivity index (χ1) is 45.3. The summed E-state index contributed by atoms with van der Waals surface area (Å²) in [5.41, 5.74) is 25.5. The number of esters is 2. The van der Waals surface area contributed by atoms with Crippen molar-refractivity contribution < 1.29 is 66.8 Å². The number of amides is 4. The van der Waals surface area contributed by atoms with Gasteiger partial charge >= 0.3 is 18.0 Å². The smallest absolute Gasteiger partial charge is 0.415 e. The highest BCUT2D eigenvalue weighted by atomic mass is 16.6. The molecule has 3 heterocycles. The van der Waals surface area contributed by atoms with Crippen molar-refractivity contribution in [3.05, 3.63) is 125 Å². The van der Waals surface area contributed by atoms with Crippen molar-refractivity contribution in [2.24, 2.45) is 50.7 Å². The quantitative estimate of drug-likeness (QED) is 0.0101. The third-order valence-corrected chi connectivity index (χ3v) is 18.4. The second kappa shape index (κ2) is 32.4. The number of Topliss-reactive ketones (excluding diaryl/α,β-unsaturated/α-hetero) is 2. The minimum Gasteiger partial charge on any atom is -0.493 e. The Morgan fingerprint density at radius 3 is 2.31 bits per heavy atom. The maximum atomic E-state index is 14.8. The number of nitrogens with two attached hydrogens (primary N) is 4. The van der Waals surface area contributed by atoms with E-state index in [1.165, 1.54) is 12.5 Å². The Labute approximate surface area is 547 Å². The monoisotopic (exact) mass is 1290 g/mol. The molecule has 502 valence electrons. The third-order valence-electron chi connectivity index (χ3n) is 18.4. The van der Waals surface area contributed by atoms with Gasteiger partial charge in [0, 0.05) is 73.8 Å². The van der Waals surface area contributed by atoms with Gasteiger partial charge in [-0.2, -0.15) is 0 Å². The zero-order valence-corrected chi connectivity index (χ0v) is 53.6. The molecule has 2 saturated heterocycles. The molecule has 3 aliphatic heterocycles. The van der Waals surface area contributed by atoms with Crippen LogP contribution in [0.5, 0.6) is 23.0 Å². The number of aliphatic imine (C=N–C) groups is 2. The summed E-state index contributed by atoms with van der Waals surface area (Å²) in [4.78, 5) is 120. The number of unbranched alkanes of at least 4 members (excludes halogenated alkanes) is 1. The maximum Gasteiger partial charge on any atom is 0.415 e. The molecule has 2 unspecified atom stereocenters. The number of hydrogen-bond acceptors (Lipinski definition) is 17. The number of methoxy groups -OCH3 is 1. The van der Waals surface area contributed by atoms with Gasteiger partial charge in [0.15, 0.2) is 35.3 Å². The number of nitrogens with one attached hydrogen (secondary N) is 3. The van der Waals surface area contributed by atoms with E-state index in [1.54, 1.807) is 60.5 Å². The van der Waals surface area contributed by atoms with Gasteiger partial charge in [-0.15, -0.1) is 0 Å². The van der Waals surface area contributed by atoms with Gasteiger partial charge in [-0.1, -0.05) is 42.8 Å². The van der Waals surface area contributed by atoms with Gasteiger partial charge in [0.05, 0.1) is 37.4 Å². The largest absolute Gasteiger partial charge is 0.493 e. The number of ether oxygens (including phenoxy) is 6. The van der Waals surface area contributed by atoms with E-state index in [9.17, 15) is 38.4 Å². The van der Waals surface area contributed by atoms with Crippen LogP contribution in [0.15, 0.2) is 113 Å². The summed E-state index contributed by atoms with van der Waals surface area (Å²) in [6.07, 6.45) is 5.25. The SMILES string of the molecule is COc1ccc2c3c1O[C@H]1C(OC(=O)N4CCC(C(=O)NCCCC[C@H](CC(=O)OCc5ccccc5)C(=O)NCCOc5ccc(C(=O)Oc6ccc(N=C(N)N)cc6)cc5)CC4CCC(=O)[C@@H](CCCN=C(N)N)NC(=O)CCC(C)=O)=CC[C@H]4[C@@H](C2)N(C)CC[C@]314. The highest BCUT2D eigenvalue weighted by Gasteiger charge is 2.65. The zero-order valence-electron chi connectivity index (χ0n) is 53.6. The number of allylic oxidation sites excluding steroid dienone is 1. The lowest BCUT2D eigenvalue weighted by atomic mass is 9.53. The van der Waals surface area contributed by atoms with Gasteiger partial charge in [-0.05, 0) is 162 Å². The van der Waals surface area contributed by atoms with Gasteiger partial charge in [-0.25, -0.2) is 14.6 Å². The molecule has 2 aliphatic carbocycles. The van der Waals surface area contributed by atoms with Crippen LogP contribution in [0.25, 0.3) is 0 Å². The predicted molar refractivity (Wildman–Crippen MR) is 349 cm³/mol. The van der Waals surface area contributed by atoms with Crippen LogP contribution < -0.4 is 57.8 Å². The number of hydrogen-bond donors (Lipinski definition) is 7. The van der Waals surface area contributed by atoms with Crippen LogP contribution in [-0.2, 0) is 56.7 Å². The summed E-state index contributed by atoms with van der Waals surface area (Å²) in [5.74, 6) is -1.51. The average molecular weight is 1290 g/mol. The van der Waals surface area contributed by atoms with Gasteiger partial charge < -0.3 is 81.9 Å². The van der Waals surface area contributed by atoms with E-state index < -0.39 is 59.4 Å². The number of piperidine rings is 2. The van der Waals surface area contributed by atoms with E-state index >= 15 is 0 Å². The molecule has 2 fully saturated rings. The Bertz CT molecular complexity index is 3470. The number of guanidine groups is 2. The standard InChI is InChI=1S/C69H87N11O14/c1-42(81)14-29-58(83)78-53(13-9-33-76-66(70)71)55(82)26-20-49-38-47(30-35-80(49)68(88)93-57-28-25-52-54-39-45-17-27-56(89-3)61-60(45)69(52,62(57)94-61)31-36-79(54)2)64(86)74-32-8-7-12-46(40-59(84)91-41-43-10-5-4-6-11-43)63(85)75-34-37-90-50-21-15-44(16-22-50)65(87)92-51-23-18-48(19-24-51)77-67(72)73/h4-6,10-11,15-19,21-24,27-28,46-47,49,52-54,62H,7-9,12-14,20,25-26,29-41H2,1-3H3,(H,74,86)(H,75,85)(H,78,83)(H4,70,71,76)(H4,72,73,77)/t46-,47?,49?,52+,53-,54-,62+,69+/m1/s1. The van der Waals surface area contributed by atoms with Crippen molar-refractivity contribution >= 4 is 64.9 Å². The minimum atomic E-state index is -0.929. The van der Waals surface area contributed by atoms with Crippen LogP contribution in [0.4, 0.5) is 10.5 Å². The summed E-state index contributed by atoms with van der Waals surface area (Å²) in [6.45, 7) is 3.06. The number of likely N-dealkylation sites (N-methyl/N-ethyl adjacent to an activating group) is 1. The van der Waals surface area contributed by atoms with Crippen molar-refractivity contribution in [1.29, 1.82) is 0 Å². The van der Waals surface area contributed by atoms with Gasteiger partial charge in [0.1, 0.15) is 36.3 Å². The fourth-order valence-electron chi connectivity index (χ4n) is 13.7. The van der Waals surface area contributed by atoms with E-state index in [0.717, 1.165) is 30.5 Å². The van der Waals surface area contributed by atoms with E-state index in [2.05, 4.69) is 43.9 Å². The van der Waals surface area contributed by atoms with Crippen LogP contribution in [-0.4, -0.2) is 147 Å². The molecule has 8 atom stereocenters. The Kier molecular flexibility index (Phi) is 23.7. The van der Waals surface area contributed by atoms with Crippen LogP contribution in [0.1, 0.15) is 124 Å². The molecular weight excluding hydrogens is 1210 g/mol. The molecule has 4 amide bonds. The molecular formula is C69H87N11O14. The molecule has 2 bridgehead atoms. The summed E-state index contributed by atoms with van der Waals surface area (Å²) >= 11 is 0. The molecule has 94 heavy (non-hydrogen) atoms. The number of benzene rings is 4. The molecule has 0 radical (unpaired) electrons. The molecule has 9 rings (SSSR count). The average Bonchev–Trinajstić information content (AvgIpc) is 1.47. The number of ketones is 2. The van der Waals surface area contributed by atoms with Crippen molar-refractivity contribution in [2.45, 2.75) is 139 Å². The Balaban J connectivity index is 0.817. The predicted octanol–water partition coefficient (Wildman–Crippen LogP) is 5.69. The normalized spacial score (nSPS) is 20.4. The topological polar surface area (TPSA) is 363 Å². The Morgan fingerprint density at radius 1 is 0.809 bits per heavy atom. The molecule has 0 aromatic heterocycles. The number of carbonyl (C=O) groups is 8. The first-order valence-electron chi connectivity index (χ1n) is 32.3. The molecule has 25 heteroatoms. The maximum absolute atomic E-state index is 14.8. The summed E-state index contributed by atoms with van der Waals surface area (Å²) < 4.78 is 36.1. The second-order valence-corrected chi connectivity index (χ2v) is 24.8. The molecule has 4 aromatic rings. The number of carbonyl (C=O) groups excluding carboxylic acids is 8.